The van der Waals surface area contributed by atoms with Crippen molar-refractivity contribution in [2.75, 3.05) is 11.5 Å². The fraction of sp³-hybridized carbons (Fsp3) is 0.409. The van der Waals surface area contributed by atoms with Gasteiger partial charge in [-0.2, -0.15) is 9.36 Å². The average Bonchev–Trinajstić information content (AvgIpc) is 3.55. The molecule has 1 aliphatic carbocycles. The number of carboxylic acids is 1. The second-order valence-electron chi connectivity index (χ2n) is 8.64. The van der Waals surface area contributed by atoms with Crippen molar-refractivity contribution in [2.45, 2.75) is 49.7 Å². The number of hydrogen-bond acceptors (Lipinski definition) is 11. The van der Waals surface area contributed by atoms with Crippen LogP contribution in [0.3, 0.4) is 0 Å². The first-order valence-electron chi connectivity index (χ1n) is 11.4. The number of nitrogens with zero attached hydrogens (tertiary/aromatic N) is 5. The molecule has 2 aromatic heterocycles. The molecular formula is C22H23N7O5S2. The number of aromatic nitrogens is 3. The summed E-state index contributed by atoms with van der Waals surface area (Å²) in [6.45, 7) is 0.500. The lowest BCUT2D eigenvalue weighted by Gasteiger charge is -2.47. The molecule has 1 saturated carbocycles. The highest BCUT2D eigenvalue weighted by Gasteiger charge is 2.50. The molecule has 3 N–H and O–H groups in total. The van der Waals surface area contributed by atoms with Gasteiger partial charge in [0, 0.05) is 46.8 Å². The number of nitrogen functional groups attached to an aromatic ring is 1. The normalized spacial score (nSPS) is 22.0. The Morgan fingerprint density at radius 2 is 2.06 bits per heavy atom. The van der Waals surface area contributed by atoms with Crippen LogP contribution >= 0.6 is 23.3 Å². The Hall–Kier alpha value is -3.52. The van der Waals surface area contributed by atoms with E-state index in [9.17, 15) is 19.5 Å². The van der Waals surface area contributed by atoms with Crippen molar-refractivity contribution in [2.24, 2.45) is 5.16 Å². The highest BCUT2D eigenvalue weighted by molar-refractivity contribution is 8.00. The van der Waals surface area contributed by atoms with Gasteiger partial charge in [-0.15, -0.1) is 11.8 Å². The van der Waals surface area contributed by atoms with Crippen LogP contribution < -0.4 is 20.7 Å². The van der Waals surface area contributed by atoms with Gasteiger partial charge in [0.2, 0.25) is 11.5 Å². The van der Waals surface area contributed by atoms with Crippen LogP contribution in [0.2, 0.25) is 0 Å². The van der Waals surface area contributed by atoms with E-state index in [0.717, 1.165) is 42.8 Å². The SMILES string of the molecule is Nc1nc(C(=NOC2CCCC2)C(=O)NC2C(=O)N3C=C(C[n+]4ccc(C(=O)[O-])cc4)CS[C@H]23)ns1. The minimum absolute atomic E-state index is 0.0584. The Balaban J connectivity index is 1.23. The molecule has 2 amide bonds. The van der Waals surface area contributed by atoms with Gasteiger partial charge < -0.3 is 30.7 Å². The summed E-state index contributed by atoms with van der Waals surface area (Å²) in [4.78, 5) is 48.1. The number of fused-ring (bicyclic) bond motifs is 1. The molecule has 5 rings (SSSR count). The third-order valence-electron chi connectivity index (χ3n) is 6.10. The molecule has 12 nitrogen and oxygen atoms in total. The van der Waals surface area contributed by atoms with Crippen LogP contribution in [0.4, 0.5) is 5.13 Å². The first kappa shape index (κ1) is 24.2. The Kier molecular flexibility index (Phi) is 6.87. The lowest BCUT2D eigenvalue weighted by atomic mass is 10.1. The molecular weight excluding hydrogens is 506 g/mol. The van der Waals surface area contributed by atoms with E-state index in [1.165, 1.54) is 23.9 Å². The van der Waals surface area contributed by atoms with Gasteiger partial charge in [-0.1, -0.05) is 5.16 Å². The molecule has 14 heteroatoms. The molecule has 188 valence electrons. The molecule has 0 aromatic carbocycles. The summed E-state index contributed by atoms with van der Waals surface area (Å²) in [5, 5.41) is 17.7. The van der Waals surface area contributed by atoms with Gasteiger partial charge in [-0.3, -0.25) is 9.59 Å². The van der Waals surface area contributed by atoms with Crippen molar-refractivity contribution in [3.05, 3.63) is 47.7 Å². The summed E-state index contributed by atoms with van der Waals surface area (Å²) < 4.78 is 5.91. The summed E-state index contributed by atoms with van der Waals surface area (Å²) in [6, 6.07) is 2.22. The van der Waals surface area contributed by atoms with E-state index in [-0.39, 0.29) is 39.6 Å². The molecule has 2 atom stereocenters. The Morgan fingerprint density at radius 3 is 2.72 bits per heavy atom. The maximum atomic E-state index is 13.1. The molecule has 1 unspecified atom stereocenters. The lowest BCUT2D eigenvalue weighted by molar-refractivity contribution is -0.689. The zero-order valence-electron chi connectivity index (χ0n) is 19.0. The van der Waals surface area contributed by atoms with Crippen LogP contribution in [-0.2, 0) is 21.0 Å². The van der Waals surface area contributed by atoms with E-state index in [1.807, 2.05) is 4.57 Å². The highest BCUT2D eigenvalue weighted by atomic mass is 32.2. The van der Waals surface area contributed by atoms with Crippen molar-refractivity contribution in [3.63, 3.8) is 0 Å². The number of nitrogens with two attached hydrogens (primary N) is 1. The van der Waals surface area contributed by atoms with Gasteiger partial charge >= 0.3 is 0 Å². The number of carboxylic acid groups (broad SMARTS) is 1. The predicted octanol–water partition coefficient (Wildman–Crippen LogP) is -0.581. The number of anilines is 1. The van der Waals surface area contributed by atoms with Gasteiger partial charge in [-0.05, 0) is 25.7 Å². The maximum Gasteiger partial charge on any atom is 0.278 e. The number of carbonyl (C=O) groups excluding carboxylic acids is 3. The molecule has 4 heterocycles. The largest absolute Gasteiger partial charge is 0.545 e. The van der Waals surface area contributed by atoms with E-state index in [4.69, 9.17) is 10.6 Å². The number of oxime groups is 1. The zero-order chi connectivity index (χ0) is 25.2. The van der Waals surface area contributed by atoms with Gasteiger partial charge in [0.15, 0.2) is 24.1 Å². The van der Waals surface area contributed by atoms with Gasteiger partial charge in [0.25, 0.3) is 11.8 Å². The number of amides is 2. The van der Waals surface area contributed by atoms with Crippen molar-refractivity contribution < 1.29 is 28.9 Å². The van der Waals surface area contributed by atoms with Crippen molar-refractivity contribution >= 4 is 51.9 Å². The van der Waals surface area contributed by atoms with Crippen LogP contribution in [0.1, 0.15) is 41.9 Å². The monoisotopic (exact) mass is 529 g/mol. The van der Waals surface area contributed by atoms with Gasteiger partial charge in [0.1, 0.15) is 17.5 Å². The minimum Gasteiger partial charge on any atom is -0.545 e. The van der Waals surface area contributed by atoms with Crippen LogP contribution in [0, 0.1) is 0 Å². The highest BCUT2D eigenvalue weighted by Crippen LogP contribution is 2.36. The molecule has 0 radical (unpaired) electrons. The smallest absolute Gasteiger partial charge is 0.278 e. The van der Waals surface area contributed by atoms with Crippen LogP contribution in [-0.4, -0.2) is 61.0 Å². The minimum atomic E-state index is -1.23. The molecule has 2 aromatic rings. The van der Waals surface area contributed by atoms with E-state index >= 15 is 0 Å². The Labute approximate surface area is 214 Å². The molecule has 0 bridgehead atoms. The number of β-lactam (4-membered cyclic amide) rings is 1. The van der Waals surface area contributed by atoms with Crippen LogP contribution in [0.15, 0.2) is 41.5 Å². The van der Waals surface area contributed by atoms with Crippen molar-refractivity contribution in [1.29, 1.82) is 0 Å². The first-order chi connectivity index (χ1) is 17.4. The van der Waals surface area contributed by atoms with Crippen LogP contribution in [0.5, 0.6) is 0 Å². The predicted molar refractivity (Wildman–Crippen MR) is 128 cm³/mol. The summed E-state index contributed by atoms with van der Waals surface area (Å²) >= 11 is 2.48. The van der Waals surface area contributed by atoms with E-state index in [2.05, 4.69) is 19.8 Å². The summed E-state index contributed by atoms with van der Waals surface area (Å²) in [5.41, 5.74) is 6.67. The summed E-state index contributed by atoms with van der Waals surface area (Å²) in [5.74, 6) is -1.35. The van der Waals surface area contributed by atoms with E-state index in [0.29, 0.717) is 12.3 Å². The standard InChI is InChI=1S/C22H23N7O5S2/c23-22-25-17(27-36-22)15(26-34-14-3-1-2-4-14)18(30)24-16-19(31)29-10-12(11-35-20(16)29)9-28-7-5-13(6-8-28)21(32)33/h5-8,10,14,16,20H,1-4,9,11H2,(H3-,23,24,25,27,30,32,33)/t16?,20-/m1/s1. The van der Waals surface area contributed by atoms with E-state index in [1.54, 1.807) is 23.5 Å². The Morgan fingerprint density at radius 1 is 1.31 bits per heavy atom. The number of rotatable bonds is 8. The Bertz CT molecular complexity index is 1240. The molecule has 36 heavy (non-hydrogen) atoms. The fourth-order valence-corrected chi connectivity index (χ4v) is 5.91. The number of nitrogens with one attached hydrogen (secondary N) is 1. The number of hydrogen-bond donors (Lipinski definition) is 2. The maximum absolute atomic E-state index is 13.1. The molecule has 0 spiro atoms. The van der Waals surface area contributed by atoms with Gasteiger partial charge in [0.05, 0.1) is 5.97 Å². The molecule has 2 fully saturated rings. The third kappa shape index (κ3) is 5.04. The second kappa shape index (κ2) is 10.2. The number of thioether (sulfide) groups is 1. The third-order valence-corrected chi connectivity index (χ3v) is 8.02. The lowest BCUT2D eigenvalue weighted by Crippen LogP contribution is -2.69. The molecule has 3 aliphatic rings. The van der Waals surface area contributed by atoms with Crippen molar-refractivity contribution in [1.82, 2.24) is 19.6 Å². The van der Waals surface area contributed by atoms with Crippen LogP contribution in [0.25, 0.3) is 0 Å². The number of aromatic carboxylic acids is 1. The van der Waals surface area contributed by atoms with Gasteiger partial charge in [-0.25, -0.2) is 4.57 Å². The average molecular weight is 530 g/mol. The zero-order valence-corrected chi connectivity index (χ0v) is 20.7. The molecule has 2 aliphatic heterocycles. The van der Waals surface area contributed by atoms with Crippen molar-refractivity contribution in [3.8, 4) is 0 Å². The van der Waals surface area contributed by atoms with E-state index < -0.39 is 17.9 Å². The number of pyridine rings is 1. The first-order valence-corrected chi connectivity index (χ1v) is 13.2. The quantitative estimate of drug-likeness (QED) is 0.197. The number of carbonyl (C=O) groups is 3. The summed E-state index contributed by atoms with van der Waals surface area (Å²) in [7, 11) is 0. The molecule has 1 saturated heterocycles. The topological polar surface area (TPSA) is 167 Å². The fourth-order valence-electron chi connectivity index (χ4n) is 4.23. The second-order valence-corrected chi connectivity index (χ2v) is 10.5. The summed E-state index contributed by atoms with van der Waals surface area (Å²) in [6.07, 6.45) is 8.86.